The number of hydrogen-bond acceptors (Lipinski definition) is 4. The Bertz CT molecular complexity index is 991. The zero-order valence-electron chi connectivity index (χ0n) is 16.4. The molecule has 28 heavy (non-hydrogen) atoms. The number of fused-ring (bicyclic) bond motifs is 1. The summed E-state index contributed by atoms with van der Waals surface area (Å²) in [5.74, 6) is 2.54. The molecular weight excluding hydrogens is 374 g/mol. The van der Waals surface area contributed by atoms with Gasteiger partial charge in [0, 0.05) is 17.1 Å². The van der Waals surface area contributed by atoms with Crippen LogP contribution in [-0.2, 0) is 6.42 Å². The Balaban J connectivity index is 1.99. The molecule has 4 rings (SSSR count). The number of aromatic nitrogens is 2. The van der Waals surface area contributed by atoms with Gasteiger partial charge in [0.05, 0.1) is 25.5 Å². The first-order valence-corrected chi connectivity index (χ1v) is 9.85. The molecule has 2 aromatic carbocycles. The van der Waals surface area contributed by atoms with Crippen molar-refractivity contribution in [2.45, 2.75) is 26.2 Å². The monoisotopic (exact) mass is 397 g/mol. The van der Waals surface area contributed by atoms with Crippen LogP contribution in [0.5, 0.6) is 11.5 Å². The van der Waals surface area contributed by atoms with Crippen LogP contribution in [0.3, 0.4) is 0 Å². The molecule has 1 aliphatic heterocycles. The van der Waals surface area contributed by atoms with Gasteiger partial charge in [-0.05, 0) is 62.1 Å². The Hall–Kier alpha value is -2.66. The molecule has 1 aromatic heterocycles. The molecular formula is C22H24ClN3O2. The van der Waals surface area contributed by atoms with E-state index in [1.54, 1.807) is 14.2 Å². The second-order valence-electron chi connectivity index (χ2n) is 6.94. The van der Waals surface area contributed by atoms with Gasteiger partial charge in [0.1, 0.15) is 23.0 Å². The fourth-order valence-electron chi connectivity index (χ4n) is 3.82. The Kier molecular flexibility index (Phi) is 5.18. The van der Waals surface area contributed by atoms with E-state index in [0.717, 1.165) is 70.7 Å². The number of ether oxygens (including phenoxy) is 2. The SMILES string of the molecule is COc1cccc(OC)c1-c1nn(-c2ccc(Cl)cc2C)c2c1CCCCN2. The fourth-order valence-corrected chi connectivity index (χ4v) is 4.05. The fraction of sp³-hybridized carbons (Fsp3) is 0.318. The van der Waals surface area contributed by atoms with Crippen molar-refractivity contribution in [3.8, 4) is 28.4 Å². The first-order valence-electron chi connectivity index (χ1n) is 9.47. The van der Waals surface area contributed by atoms with Crippen molar-refractivity contribution >= 4 is 17.4 Å². The maximum absolute atomic E-state index is 6.18. The van der Waals surface area contributed by atoms with Crippen LogP contribution in [0, 0.1) is 6.92 Å². The van der Waals surface area contributed by atoms with Crippen LogP contribution in [-0.4, -0.2) is 30.5 Å². The van der Waals surface area contributed by atoms with Gasteiger partial charge in [-0.15, -0.1) is 0 Å². The van der Waals surface area contributed by atoms with Crippen LogP contribution in [0.2, 0.25) is 5.02 Å². The topological polar surface area (TPSA) is 48.3 Å². The molecule has 1 aliphatic rings. The smallest absolute Gasteiger partial charge is 0.133 e. The Morgan fingerprint density at radius 2 is 1.82 bits per heavy atom. The van der Waals surface area contributed by atoms with Crippen molar-refractivity contribution in [2.75, 3.05) is 26.1 Å². The van der Waals surface area contributed by atoms with Crippen molar-refractivity contribution in [1.82, 2.24) is 9.78 Å². The molecule has 0 unspecified atom stereocenters. The molecule has 5 nitrogen and oxygen atoms in total. The van der Waals surface area contributed by atoms with Gasteiger partial charge in [-0.3, -0.25) is 0 Å². The second kappa shape index (κ2) is 7.76. The first kappa shape index (κ1) is 18.7. The lowest BCUT2D eigenvalue weighted by Crippen LogP contribution is -2.08. The Morgan fingerprint density at radius 3 is 2.50 bits per heavy atom. The van der Waals surface area contributed by atoms with E-state index in [1.807, 2.05) is 41.1 Å². The molecule has 0 amide bonds. The van der Waals surface area contributed by atoms with Crippen molar-refractivity contribution in [1.29, 1.82) is 0 Å². The standard InChI is InChI=1S/C22H24ClN3O2/c1-14-13-15(23)10-11-17(14)26-22-16(7-4-5-12-24-22)21(25-26)20-18(27-2)8-6-9-19(20)28-3/h6,8-11,13,24H,4-5,7,12H2,1-3H3. The number of hydrogen-bond donors (Lipinski definition) is 1. The molecule has 0 radical (unpaired) electrons. The van der Waals surface area contributed by atoms with Gasteiger partial charge in [-0.2, -0.15) is 5.10 Å². The lowest BCUT2D eigenvalue weighted by atomic mass is 10.0. The molecule has 0 aliphatic carbocycles. The number of nitrogens with zero attached hydrogens (tertiary/aromatic N) is 2. The third kappa shape index (κ3) is 3.20. The maximum atomic E-state index is 6.18. The van der Waals surface area contributed by atoms with Crippen LogP contribution in [0.25, 0.3) is 16.9 Å². The number of halogens is 1. The summed E-state index contributed by atoms with van der Waals surface area (Å²) in [7, 11) is 3.35. The van der Waals surface area contributed by atoms with E-state index < -0.39 is 0 Å². The zero-order valence-corrected chi connectivity index (χ0v) is 17.1. The van der Waals surface area contributed by atoms with Gasteiger partial charge in [0.25, 0.3) is 0 Å². The summed E-state index contributed by atoms with van der Waals surface area (Å²) in [5.41, 5.74) is 5.05. The molecule has 0 spiro atoms. The Labute approximate surface area is 170 Å². The van der Waals surface area contributed by atoms with Crippen molar-refractivity contribution in [3.05, 3.63) is 52.5 Å². The molecule has 0 saturated carbocycles. The predicted molar refractivity (Wildman–Crippen MR) is 113 cm³/mol. The summed E-state index contributed by atoms with van der Waals surface area (Å²) in [6.07, 6.45) is 3.18. The molecule has 6 heteroatoms. The van der Waals surface area contributed by atoms with Crippen molar-refractivity contribution in [3.63, 3.8) is 0 Å². The molecule has 3 aromatic rings. The predicted octanol–water partition coefficient (Wildman–Crippen LogP) is 5.27. The number of methoxy groups -OCH3 is 2. The van der Waals surface area contributed by atoms with E-state index in [-0.39, 0.29) is 0 Å². The summed E-state index contributed by atoms with van der Waals surface area (Å²) < 4.78 is 13.3. The second-order valence-corrected chi connectivity index (χ2v) is 7.38. The number of nitrogens with one attached hydrogen (secondary N) is 1. The highest BCUT2D eigenvalue weighted by atomic mass is 35.5. The van der Waals surface area contributed by atoms with Gasteiger partial charge < -0.3 is 14.8 Å². The highest BCUT2D eigenvalue weighted by molar-refractivity contribution is 6.30. The van der Waals surface area contributed by atoms with Gasteiger partial charge in [-0.25, -0.2) is 4.68 Å². The van der Waals surface area contributed by atoms with E-state index in [1.165, 1.54) is 5.56 Å². The highest BCUT2D eigenvalue weighted by Gasteiger charge is 2.26. The molecule has 0 bridgehead atoms. The normalized spacial score (nSPS) is 13.4. The summed E-state index contributed by atoms with van der Waals surface area (Å²) in [5, 5.41) is 9.34. The Morgan fingerprint density at radius 1 is 1.07 bits per heavy atom. The van der Waals surface area contributed by atoms with E-state index >= 15 is 0 Å². The largest absolute Gasteiger partial charge is 0.496 e. The third-order valence-corrected chi connectivity index (χ3v) is 5.42. The summed E-state index contributed by atoms with van der Waals surface area (Å²) >= 11 is 6.18. The third-order valence-electron chi connectivity index (χ3n) is 5.18. The number of aryl methyl sites for hydroxylation is 1. The number of benzene rings is 2. The molecule has 0 atom stereocenters. The van der Waals surface area contributed by atoms with Crippen molar-refractivity contribution < 1.29 is 9.47 Å². The van der Waals surface area contributed by atoms with Gasteiger partial charge in [0.2, 0.25) is 0 Å². The lowest BCUT2D eigenvalue weighted by molar-refractivity contribution is 0.397. The van der Waals surface area contributed by atoms with Crippen LogP contribution >= 0.6 is 11.6 Å². The van der Waals surface area contributed by atoms with E-state index in [9.17, 15) is 0 Å². The van der Waals surface area contributed by atoms with Gasteiger partial charge >= 0.3 is 0 Å². The minimum absolute atomic E-state index is 0.721. The van der Waals surface area contributed by atoms with Gasteiger partial charge in [0.15, 0.2) is 0 Å². The van der Waals surface area contributed by atoms with Crippen LogP contribution in [0.1, 0.15) is 24.0 Å². The molecule has 0 fully saturated rings. The number of anilines is 1. The highest BCUT2D eigenvalue weighted by Crippen LogP contribution is 2.43. The average Bonchev–Trinajstić information content (AvgIpc) is 2.88. The van der Waals surface area contributed by atoms with Crippen LogP contribution in [0.4, 0.5) is 5.82 Å². The van der Waals surface area contributed by atoms with Crippen molar-refractivity contribution in [2.24, 2.45) is 0 Å². The quantitative estimate of drug-likeness (QED) is 0.651. The zero-order chi connectivity index (χ0) is 19.7. The average molecular weight is 398 g/mol. The first-order chi connectivity index (χ1) is 13.6. The lowest BCUT2D eigenvalue weighted by Gasteiger charge is -2.12. The minimum Gasteiger partial charge on any atom is -0.496 e. The molecule has 146 valence electrons. The molecule has 2 heterocycles. The summed E-state index contributed by atoms with van der Waals surface area (Å²) in [4.78, 5) is 0. The van der Waals surface area contributed by atoms with Crippen LogP contribution < -0.4 is 14.8 Å². The maximum Gasteiger partial charge on any atom is 0.133 e. The van der Waals surface area contributed by atoms with E-state index in [4.69, 9.17) is 26.2 Å². The minimum atomic E-state index is 0.721. The summed E-state index contributed by atoms with van der Waals surface area (Å²) in [6.45, 7) is 2.98. The van der Waals surface area contributed by atoms with Crippen LogP contribution in [0.15, 0.2) is 36.4 Å². The number of rotatable bonds is 4. The molecule has 1 N–H and O–H groups in total. The van der Waals surface area contributed by atoms with E-state index in [0.29, 0.717) is 0 Å². The van der Waals surface area contributed by atoms with E-state index in [2.05, 4.69) is 12.2 Å². The van der Waals surface area contributed by atoms with Gasteiger partial charge in [-0.1, -0.05) is 17.7 Å². The summed E-state index contributed by atoms with van der Waals surface area (Å²) in [6, 6.07) is 11.7. The molecule has 0 saturated heterocycles.